The molecular weight excluding hydrogens is 582 g/mol. The third-order valence-electron chi connectivity index (χ3n) is 6.49. The average Bonchev–Trinajstić information content (AvgIpc) is 3.75. The van der Waals surface area contributed by atoms with Crippen LogP contribution < -0.4 is 30.7 Å². The number of hydrogen-bond acceptors (Lipinski definition) is 2. The van der Waals surface area contributed by atoms with Crippen LogP contribution in [0.15, 0.2) is 109 Å². The predicted molar refractivity (Wildman–Crippen MR) is 172 cm³/mol. The number of para-hydroxylation sites is 2. The van der Waals surface area contributed by atoms with Crippen LogP contribution in [0.4, 0.5) is 0 Å². The number of benzene rings is 4. The minimum absolute atomic E-state index is 0. The van der Waals surface area contributed by atoms with Crippen LogP contribution in [-0.4, -0.2) is 14.2 Å². The first kappa shape index (κ1) is 31.8. The summed E-state index contributed by atoms with van der Waals surface area (Å²) in [6.07, 6.45) is 17.2. The molecule has 10 radical (unpaired) electrons. The van der Waals surface area contributed by atoms with Gasteiger partial charge in [0, 0.05) is 39.0 Å². The maximum Gasteiger partial charge on any atom is 0.126 e. The molecule has 0 saturated heterocycles. The van der Waals surface area contributed by atoms with Gasteiger partial charge in [-0.3, -0.25) is 0 Å². The molecule has 4 aromatic rings. The molecule has 0 N–H and O–H groups in total. The standard InChI is InChI=1S/2C18H16OP.Fe/c2*1-19-17-13-7-8-14-18(17)20(16-11-5-6-12-16)15-9-3-2-4-10-15;/h2*2-14H,1H3;/t2*20-;/m00./s1. The van der Waals surface area contributed by atoms with E-state index in [1.54, 1.807) is 14.2 Å². The predicted octanol–water partition coefficient (Wildman–Crippen LogP) is 6.98. The van der Waals surface area contributed by atoms with Crippen molar-refractivity contribution in [1.82, 2.24) is 0 Å². The first-order valence-corrected chi connectivity index (χ1v) is 15.9. The molecule has 206 valence electrons. The summed E-state index contributed by atoms with van der Waals surface area (Å²) in [5.41, 5.74) is 2.71. The maximum atomic E-state index is 5.56. The molecule has 2 aliphatic carbocycles. The van der Waals surface area contributed by atoms with Gasteiger partial charge in [0.2, 0.25) is 0 Å². The Balaban J connectivity index is 0.000000184. The smallest absolute Gasteiger partial charge is 0.126 e. The molecule has 0 bridgehead atoms. The Morgan fingerprint density at radius 3 is 1.07 bits per heavy atom. The van der Waals surface area contributed by atoms with E-state index in [1.807, 2.05) is 24.3 Å². The van der Waals surface area contributed by atoms with E-state index in [0.717, 1.165) is 11.5 Å². The molecule has 0 heterocycles. The molecule has 2 nitrogen and oxygen atoms in total. The van der Waals surface area contributed by atoms with Crippen molar-refractivity contribution >= 4 is 37.1 Å². The van der Waals surface area contributed by atoms with Gasteiger partial charge in [-0.2, -0.15) is 0 Å². The Hall–Kier alpha value is -2.14. The van der Waals surface area contributed by atoms with E-state index in [2.05, 4.69) is 136 Å². The Morgan fingerprint density at radius 1 is 0.415 bits per heavy atom. The van der Waals surface area contributed by atoms with Crippen molar-refractivity contribution in [3.8, 4) is 11.5 Å². The van der Waals surface area contributed by atoms with Crippen molar-refractivity contribution < 1.29 is 26.5 Å². The van der Waals surface area contributed by atoms with Crippen LogP contribution in [0.2, 0.25) is 0 Å². The van der Waals surface area contributed by atoms with Crippen molar-refractivity contribution in [3.05, 3.63) is 172 Å². The second kappa shape index (κ2) is 16.5. The van der Waals surface area contributed by atoms with E-state index in [1.165, 1.54) is 32.5 Å². The normalized spacial score (nSPS) is 16.6. The molecule has 0 unspecified atom stereocenters. The summed E-state index contributed by atoms with van der Waals surface area (Å²) >= 11 is 0. The minimum Gasteiger partial charge on any atom is -0.496 e. The van der Waals surface area contributed by atoms with Crippen molar-refractivity contribution in [2.75, 3.05) is 14.2 Å². The van der Waals surface area contributed by atoms with Crippen molar-refractivity contribution in [2.24, 2.45) is 0 Å². The van der Waals surface area contributed by atoms with E-state index in [4.69, 9.17) is 9.47 Å². The Morgan fingerprint density at radius 2 is 0.732 bits per heavy atom. The van der Waals surface area contributed by atoms with Gasteiger partial charge >= 0.3 is 0 Å². The van der Waals surface area contributed by atoms with Gasteiger partial charge in [-0.25, -0.2) is 0 Å². The quantitative estimate of drug-likeness (QED) is 0.158. The van der Waals surface area contributed by atoms with Crippen molar-refractivity contribution in [2.45, 2.75) is 0 Å². The van der Waals surface area contributed by atoms with Gasteiger partial charge in [0.25, 0.3) is 0 Å². The summed E-state index contributed by atoms with van der Waals surface area (Å²) in [5, 5.41) is 5.22. The zero-order valence-electron chi connectivity index (χ0n) is 23.1. The van der Waals surface area contributed by atoms with Gasteiger partial charge in [-0.15, -0.1) is 0 Å². The SMILES string of the molecule is COc1ccccc1[P@]([C]1[CH][CH][CH][CH]1)c1ccccc1.COc1ccccc1[P@]([C]1[CH][CH][CH][CH]1)c1ccccc1.[Fe]. The van der Waals surface area contributed by atoms with Crippen LogP contribution in [0, 0.1) is 62.7 Å². The average molecular weight is 614 g/mol. The summed E-state index contributed by atoms with van der Waals surface area (Å²) in [4.78, 5) is 0. The molecule has 0 amide bonds. The molecule has 2 atom stereocenters. The van der Waals surface area contributed by atoms with E-state index >= 15 is 0 Å². The molecule has 6 rings (SSSR count). The number of methoxy groups -OCH3 is 2. The van der Waals surface area contributed by atoms with Crippen molar-refractivity contribution in [1.29, 1.82) is 0 Å². The molecule has 2 fully saturated rings. The van der Waals surface area contributed by atoms with Gasteiger partial charge < -0.3 is 9.47 Å². The van der Waals surface area contributed by atoms with Crippen LogP contribution >= 0.6 is 15.8 Å². The van der Waals surface area contributed by atoms with Crippen LogP contribution in [0.3, 0.4) is 0 Å². The summed E-state index contributed by atoms with van der Waals surface area (Å²) < 4.78 is 11.1. The van der Waals surface area contributed by atoms with E-state index < -0.39 is 15.8 Å². The fraction of sp³-hybridized carbons (Fsp3) is 0.0556. The van der Waals surface area contributed by atoms with E-state index in [9.17, 15) is 0 Å². The third kappa shape index (κ3) is 8.03. The zero-order valence-corrected chi connectivity index (χ0v) is 26.0. The molecule has 4 aromatic carbocycles. The monoisotopic (exact) mass is 614 g/mol. The second-order valence-corrected chi connectivity index (χ2v) is 13.3. The zero-order chi connectivity index (χ0) is 27.6. The molecule has 0 aromatic heterocycles. The molecule has 0 aliphatic heterocycles. The topological polar surface area (TPSA) is 18.5 Å². The van der Waals surface area contributed by atoms with Gasteiger partial charge in [-0.1, -0.05) is 97.1 Å². The van der Waals surface area contributed by atoms with Gasteiger partial charge in [0.05, 0.1) is 14.2 Å². The third-order valence-corrected chi connectivity index (χ3v) is 11.4. The van der Waals surface area contributed by atoms with Gasteiger partial charge in [0.15, 0.2) is 0 Å². The summed E-state index contributed by atoms with van der Waals surface area (Å²) in [6.45, 7) is 0. The first-order chi connectivity index (χ1) is 19.8. The van der Waals surface area contributed by atoms with Gasteiger partial charge in [0.1, 0.15) is 11.5 Å². The Kier molecular flexibility index (Phi) is 12.8. The van der Waals surface area contributed by atoms with Gasteiger partial charge in [-0.05, 0) is 90.0 Å². The van der Waals surface area contributed by atoms with Crippen LogP contribution in [0.5, 0.6) is 11.5 Å². The molecular formula is C36H32FeO2P2. The summed E-state index contributed by atoms with van der Waals surface area (Å²) in [5.74, 6) is 1.92. The minimum atomic E-state index is -0.561. The fourth-order valence-electron chi connectivity index (χ4n) is 4.66. The van der Waals surface area contributed by atoms with E-state index in [-0.39, 0.29) is 17.1 Å². The largest absolute Gasteiger partial charge is 0.496 e. The Bertz CT molecular complexity index is 1200. The molecule has 2 saturated carbocycles. The second-order valence-electron chi connectivity index (χ2n) is 8.97. The summed E-state index contributed by atoms with van der Waals surface area (Å²) in [6, 6.07) is 37.9. The molecule has 41 heavy (non-hydrogen) atoms. The number of ether oxygens (including phenoxy) is 2. The van der Waals surface area contributed by atoms with Crippen LogP contribution in [0.1, 0.15) is 0 Å². The Labute approximate surface area is 260 Å². The van der Waals surface area contributed by atoms with Crippen molar-refractivity contribution in [3.63, 3.8) is 0 Å². The van der Waals surface area contributed by atoms with E-state index in [0.29, 0.717) is 0 Å². The van der Waals surface area contributed by atoms with Crippen LogP contribution in [-0.2, 0) is 17.1 Å². The molecule has 0 spiro atoms. The fourth-order valence-corrected chi connectivity index (χ4v) is 9.50. The number of hydrogen-bond donors (Lipinski definition) is 0. The molecule has 2 aliphatic rings. The summed E-state index contributed by atoms with van der Waals surface area (Å²) in [7, 11) is 2.36. The number of rotatable bonds is 8. The first-order valence-electron chi connectivity index (χ1n) is 13.2. The maximum absolute atomic E-state index is 5.56. The van der Waals surface area contributed by atoms with Crippen LogP contribution in [0.25, 0.3) is 0 Å². The molecule has 5 heteroatoms.